The molecule has 5 rings (SSSR count). The van der Waals surface area contributed by atoms with Gasteiger partial charge in [-0.3, -0.25) is 14.2 Å². The number of likely N-dealkylation sites (tertiary alicyclic amines) is 1. The van der Waals surface area contributed by atoms with E-state index >= 15 is 0 Å². The van der Waals surface area contributed by atoms with Gasteiger partial charge in [0.2, 0.25) is 5.91 Å². The molecule has 0 spiro atoms. The highest BCUT2D eigenvalue weighted by Gasteiger charge is 2.30. The van der Waals surface area contributed by atoms with Crippen molar-refractivity contribution in [3.8, 4) is 5.69 Å². The summed E-state index contributed by atoms with van der Waals surface area (Å²) < 4.78 is 7.78. The standard InChI is InChI=1S/C27H33N3O3S2/c1-16(2)21-14-20-22(15-33-21)35-24-23(20)26(32)30(19-10-8-17(3)9-11-19)27(28-24)34-18(4)25(31)29-12-6-5-7-13-29/h8-11,16,18,21H,5-7,12-15H2,1-4H3/t18-,21-/m1/s1. The Hall–Kier alpha value is -2.16. The van der Waals surface area contributed by atoms with Crippen molar-refractivity contribution in [2.45, 2.75) is 76.5 Å². The van der Waals surface area contributed by atoms with Crippen molar-refractivity contribution >= 4 is 39.2 Å². The van der Waals surface area contributed by atoms with Crippen LogP contribution in [0.15, 0.2) is 34.2 Å². The van der Waals surface area contributed by atoms with Gasteiger partial charge in [0.15, 0.2) is 5.16 Å². The Kier molecular flexibility index (Phi) is 7.06. The van der Waals surface area contributed by atoms with Crippen LogP contribution >= 0.6 is 23.1 Å². The van der Waals surface area contributed by atoms with Gasteiger partial charge in [0.05, 0.1) is 29.0 Å². The molecule has 0 unspecified atom stereocenters. The lowest BCUT2D eigenvalue weighted by atomic mass is 9.96. The van der Waals surface area contributed by atoms with Gasteiger partial charge in [-0.1, -0.05) is 43.3 Å². The van der Waals surface area contributed by atoms with Gasteiger partial charge < -0.3 is 9.64 Å². The van der Waals surface area contributed by atoms with E-state index in [1.807, 2.05) is 43.0 Å². The van der Waals surface area contributed by atoms with Crippen LogP contribution in [-0.4, -0.2) is 44.8 Å². The van der Waals surface area contributed by atoms with Crippen molar-refractivity contribution in [2.24, 2.45) is 5.92 Å². The Morgan fingerprint density at radius 2 is 1.86 bits per heavy atom. The molecule has 2 atom stereocenters. The molecular weight excluding hydrogens is 478 g/mol. The Morgan fingerprint density at radius 3 is 2.54 bits per heavy atom. The molecule has 0 radical (unpaired) electrons. The van der Waals surface area contributed by atoms with Crippen molar-refractivity contribution in [2.75, 3.05) is 13.1 Å². The lowest BCUT2D eigenvalue weighted by Crippen LogP contribution is -2.40. The van der Waals surface area contributed by atoms with Gasteiger partial charge in [-0.2, -0.15) is 0 Å². The fourth-order valence-corrected chi connectivity index (χ4v) is 7.09. The first-order chi connectivity index (χ1) is 16.8. The first kappa shape index (κ1) is 24.5. The third-order valence-electron chi connectivity index (χ3n) is 7.04. The monoisotopic (exact) mass is 511 g/mol. The summed E-state index contributed by atoms with van der Waals surface area (Å²) in [4.78, 5) is 36.1. The number of hydrogen-bond donors (Lipinski definition) is 0. The van der Waals surface area contributed by atoms with Gasteiger partial charge in [-0.15, -0.1) is 11.3 Å². The van der Waals surface area contributed by atoms with E-state index in [4.69, 9.17) is 9.72 Å². The lowest BCUT2D eigenvalue weighted by molar-refractivity contribution is -0.131. The molecule has 2 aliphatic rings. The molecule has 4 heterocycles. The Labute approximate surface area is 214 Å². The molecule has 1 aromatic carbocycles. The summed E-state index contributed by atoms with van der Waals surface area (Å²) in [7, 11) is 0. The number of amides is 1. The zero-order valence-corrected chi connectivity index (χ0v) is 22.5. The van der Waals surface area contributed by atoms with Crippen molar-refractivity contribution in [3.05, 3.63) is 50.6 Å². The number of carbonyl (C=O) groups is 1. The second-order valence-electron chi connectivity index (χ2n) is 10.00. The number of ether oxygens (including phenoxy) is 1. The molecular formula is C27H33N3O3S2. The number of piperidine rings is 1. The molecule has 3 aromatic rings. The fraction of sp³-hybridized carbons (Fsp3) is 0.519. The summed E-state index contributed by atoms with van der Waals surface area (Å²) in [5.41, 5.74) is 2.94. The summed E-state index contributed by atoms with van der Waals surface area (Å²) in [6.45, 7) is 10.4. The number of rotatable bonds is 5. The maximum atomic E-state index is 14.1. The van der Waals surface area contributed by atoms with Crippen LogP contribution < -0.4 is 5.56 Å². The van der Waals surface area contributed by atoms with Crippen LogP contribution in [0.3, 0.4) is 0 Å². The van der Waals surface area contributed by atoms with Gasteiger partial charge in [0.1, 0.15) is 4.83 Å². The Balaban J connectivity index is 1.60. The molecule has 35 heavy (non-hydrogen) atoms. The van der Waals surface area contributed by atoms with E-state index in [1.165, 1.54) is 18.2 Å². The smallest absolute Gasteiger partial charge is 0.267 e. The van der Waals surface area contributed by atoms with Crippen LogP contribution in [0.2, 0.25) is 0 Å². The number of aromatic nitrogens is 2. The van der Waals surface area contributed by atoms with E-state index in [-0.39, 0.29) is 22.8 Å². The number of nitrogens with zero attached hydrogens (tertiary/aromatic N) is 3. The first-order valence-corrected chi connectivity index (χ1v) is 14.2. The quantitative estimate of drug-likeness (QED) is 0.341. The lowest BCUT2D eigenvalue weighted by Gasteiger charge is -2.29. The zero-order valence-electron chi connectivity index (χ0n) is 20.9. The Bertz CT molecular complexity index is 1290. The van der Waals surface area contributed by atoms with E-state index in [9.17, 15) is 9.59 Å². The minimum atomic E-state index is -0.322. The zero-order chi connectivity index (χ0) is 24.7. The normalized spacial score (nSPS) is 19.2. The maximum absolute atomic E-state index is 14.1. The minimum Gasteiger partial charge on any atom is -0.372 e. The molecule has 2 aliphatic heterocycles. The number of hydrogen-bond acceptors (Lipinski definition) is 6. The number of fused-ring (bicyclic) bond motifs is 3. The van der Waals surface area contributed by atoms with Crippen LogP contribution in [0.4, 0.5) is 0 Å². The minimum absolute atomic E-state index is 0.0547. The fourth-order valence-electron chi connectivity index (χ4n) is 4.92. The van der Waals surface area contributed by atoms with Gasteiger partial charge in [0.25, 0.3) is 5.56 Å². The van der Waals surface area contributed by atoms with Crippen molar-refractivity contribution < 1.29 is 9.53 Å². The average molecular weight is 512 g/mol. The predicted molar refractivity (Wildman–Crippen MR) is 143 cm³/mol. The number of thiophene rings is 1. The van der Waals surface area contributed by atoms with Crippen molar-refractivity contribution in [3.63, 3.8) is 0 Å². The van der Waals surface area contributed by atoms with Crippen molar-refractivity contribution in [1.29, 1.82) is 0 Å². The van der Waals surface area contributed by atoms with Gasteiger partial charge in [-0.25, -0.2) is 4.98 Å². The molecule has 0 saturated carbocycles. The van der Waals surface area contributed by atoms with Crippen LogP contribution in [0.1, 0.15) is 56.0 Å². The van der Waals surface area contributed by atoms with E-state index in [0.717, 1.165) is 58.9 Å². The van der Waals surface area contributed by atoms with Gasteiger partial charge in [0, 0.05) is 24.4 Å². The van der Waals surface area contributed by atoms with Gasteiger partial charge >= 0.3 is 0 Å². The molecule has 8 heteroatoms. The molecule has 1 amide bonds. The topological polar surface area (TPSA) is 64.4 Å². The predicted octanol–water partition coefficient (Wildman–Crippen LogP) is 5.35. The Morgan fingerprint density at radius 1 is 1.14 bits per heavy atom. The first-order valence-electron chi connectivity index (χ1n) is 12.5. The summed E-state index contributed by atoms with van der Waals surface area (Å²) in [5, 5.41) is 0.959. The van der Waals surface area contributed by atoms with Crippen LogP contribution in [-0.2, 0) is 22.6 Å². The second-order valence-corrected chi connectivity index (χ2v) is 12.4. The number of carbonyl (C=O) groups excluding carboxylic acids is 1. The molecule has 0 aliphatic carbocycles. The molecule has 0 N–H and O–H groups in total. The molecule has 186 valence electrons. The highest BCUT2D eigenvalue weighted by Crippen LogP contribution is 2.37. The largest absolute Gasteiger partial charge is 0.372 e. The highest BCUT2D eigenvalue weighted by molar-refractivity contribution is 8.00. The van der Waals surface area contributed by atoms with Crippen LogP contribution in [0, 0.1) is 12.8 Å². The summed E-state index contributed by atoms with van der Waals surface area (Å²) >= 11 is 2.94. The summed E-state index contributed by atoms with van der Waals surface area (Å²) in [6.07, 6.45) is 4.13. The number of aryl methyl sites for hydroxylation is 1. The molecule has 1 saturated heterocycles. The molecule has 1 fully saturated rings. The van der Waals surface area contributed by atoms with Crippen LogP contribution in [0.5, 0.6) is 0 Å². The SMILES string of the molecule is Cc1ccc(-n2c(S[C@H](C)C(=O)N3CCCCC3)nc3sc4c(c3c2=O)C[C@H](C(C)C)OC4)cc1. The number of benzene rings is 1. The average Bonchev–Trinajstić information content (AvgIpc) is 3.23. The highest BCUT2D eigenvalue weighted by atomic mass is 32.2. The van der Waals surface area contributed by atoms with Crippen LogP contribution in [0.25, 0.3) is 15.9 Å². The summed E-state index contributed by atoms with van der Waals surface area (Å²) in [6, 6.07) is 7.94. The maximum Gasteiger partial charge on any atom is 0.267 e. The second kappa shape index (κ2) is 10.1. The van der Waals surface area contributed by atoms with E-state index in [2.05, 4.69) is 13.8 Å². The molecule has 6 nitrogen and oxygen atoms in total. The van der Waals surface area contributed by atoms with E-state index in [1.54, 1.807) is 15.9 Å². The molecule has 0 bridgehead atoms. The van der Waals surface area contributed by atoms with Gasteiger partial charge in [-0.05, 0) is 56.7 Å². The number of thioether (sulfide) groups is 1. The van der Waals surface area contributed by atoms with E-state index < -0.39 is 0 Å². The van der Waals surface area contributed by atoms with Crippen molar-refractivity contribution in [1.82, 2.24) is 14.5 Å². The summed E-state index contributed by atoms with van der Waals surface area (Å²) in [5.74, 6) is 0.500. The third kappa shape index (κ3) is 4.80. The van der Waals surface area contributed by atoms with E-state index in [0.29, 0.717) is 23.1 Å². The molecule has 2 aromatic heterocycles. The third-order valence-corrected chi connectivity index (χ3v) is 9.18.